The van der Waals surface area contributed by atoms with Crippen LogP contribution in [0, 0.1) is 0 Å². The molecule has 0 radical (unpaired) electrons. The van der Waals surface area contributed by atoms with Crippen molar-refractivity contribution in [3.8, 4) is 5.75 Å². The van der Waals surface area contributed by atoms with Crippen molar-refractivity contribution in [1.29, 1.82) is 0 Å². The molecule has 2 aromatic rings. The number of nitrogens with one attached hydrogen (secondary N) is 1. The fraction of sp³-hybridized carbons (Fsp3) is 0.350. The van der Waals surface area contributed by atoms with Crippen LogP contribution in [-0.2, 0) is 22.5 Å². The van der Waals surface area contributed by atoms with E-state index in [4.69, 9.17) is 15.2 Å². The normalized spacial score (nSPS) is 14.9. The monoisotopic (exact) mass is 369 g/mol. The molecule has 1 aliphatic rings. The number of hydrogen-bond donors (Lipinski definition) is 2. The van der Waals surface area contributed by atoms with Gasteiger partial charge >= 0.3 is 5.97 Å². The number of nitrogens with zero attached hydrogens (tertiary/aromatic N) is 1. The highest BCUT2D eigenvalue weighted by Crippen LogP contribution is 2.31. The van der Waals surface area contributed by atoms with Crippen LogP contribution in [0.1, 0.15) is 41.4 Å². The molecule has 0 saturated carbocycles. The van der Waals surface area contributed by atoms with Crippen molar-refractivity contribution in [3.05, 3.63) is 53.2 Å². The summed E-state index contributed by atoms with van der Waals surface area (Å²) in [5, 5.41) is 2.84. The molecule has 142 valence electrons. The summed E-state index contributed by atoms with van der Waals surface area (Å²) in [4.78, 5) is 28.0. The predicted molar refractivity (Wildman–Crippen MR) is 100 cm³/mol. The van der Waals surface area contributed by atoms with E-state index >= 15 is 0 Å². The first-order valence-electron chi connectivity index (χ1n) is 9.00. The van der Waals surface area contributed by atoms with Crippen LogP contribution in [-0.4, -0.2) is 29.6 Å². The summed E-state index contributed by atoms with van der Waals surface area (Å²) in [5.41, 5.74) is 7.88. The van der Waals surface area contributed by atoms with Gasteiger partial charge in [-0.25, -0.2) is 4.98 Å². The Balaban J connectivity index is 1.55. The first kappa shape index (κ1) is 18.7. The van der Waals surface area contributed by atoms with E-state index < -0.39 is 0 Å². The van der Waals surface area contributed by atoms with Crippen LogP contribution in [0.5, 0.6) is 5.75 Å². The number of hydrogen-bond acceptors (Lipinski definition) is 6. The van der Waals surface area contributed by atoms with E-state index in [1.54, 1.807) is 37.3 Å². The zero-order valence-corrected chi connectivity index (χ0v) is 15.2. The van der Waals surface area contributed by atoms with Crippen LogP contribution in [0.2, 0.25) is 0 Å². The Kier molecular flexibility index (Phi) is 5.90. The quantitative estimate of drug-likeness (QED) is 0.726. The van der Waals surface area contributed by atoms with E-state index in [1.165, 1.54) is 0 Å². The van der Waals surface area contributed by atoms with E-state index in [0.717, 1.165) is 11.3 Å². The average molecular weight is 369 g/mol. The molecular formula is C20H23N3O4. The molecule has 0 aliphatic carbocycles. The first-order valence-corrected chi connectivity index (χ1v) is 9.00. The first-order chi connectivity index (χ1) is 13.0. The van der Waals surface area contributed by atoms with Crippen molar-refractivity contribution in [1.82, 2.24) is 10.3 Å². The van der Waals surface area contributed by atoms with E-state index in [1.807, 2.05) is 6.07 Å². The van der Waals surface area contributed by atoms with Crippen LogP contribution in [0.15, 0.2) is 36.4 Å². The number of amides is 1. The molecule has 7 heteroatoms. The molecule has 3 rings (SSSR count). The van der Waals surface area contributed by atoms with Gasteiger partial charge in [-0.05, 0) is 49.2 Å². The van der Waals surface area contributed by atoms with Crippen LogP contribution >= 0.6 is 0 Å². The molecule has 3 N–H and O–H groups in total. The molecule has 2 heterocycles. The number of ether oxygens (including phenoxy) is 2. The zero-order chi connectivity index (χ0) is 19.2. The molecule has 1 aromatic carbocycles. The molecule has 7 nitrogen and oxygen atoms in total. The van der Waals surface area contributed by atoms with Crippen LogP contribution in [0.4, 0.5) is 5.82 Å². The zero-order valence-electron chi connectivity index (χ0n) is 15.2. The molecule has 1 aromatic heterocycles. The maximum Gasteiger partial charge on any atom is 0.305 e. The Hall–Kier alpha value is -3.09. The van der Waals surface area contributed by atoms with Gasteiger partial charge in [0.05, 0.1) is 18.8 Å². The minimum Gasteiger partial charge on any atom is -0.490 e. The number of nitrogen functional groups attached to an aromatic ring is 1. The van der Waals surface area contributed by atoms with Crippen molar-refractivity contribution in [3.63, 3.8) is 0 Å². The molecule has 1 atom stereocenters. The number of carbonyl (C=O) groups excluding carboxylic acids is 2. The van der Waals surface area contributed by atoms with E-state index in [2.05, 4.69) is 10.3 Å². The average Bonchev–Trinajstić information content (AvgIpc) is 3.07. The van der Waals surface area contributed by atoms with E-state index in [9.17, 15) is 9.59 Å². The highest BCUT2D eigenvalue weighted by atomic mass is 16.5. The number of esters is 1. The van der Waals surface area contributed by atoms with Gasteiger partial charge < -0.3 is 20.5 Å². The van der Waals surface area contributed by atoms with Gasteiger partial charge in [-0.1, -0.05) is 6.07 Å². The van der Waals surface area contributed by atoms with Gasteiger partial charge in [-0.3, -0.25) is 9.59 Å². The van der Waals surface area contributed by atoms with Crippen molar-refractivity contribution in [2.45, 2.75) is 38.8 Å². The lowest BCUT2D eigenvalue weighted by Gasteiger charge is -2.09. The van der Waals surface area contributed by atoms with Crippen molar-refractivity contribution < 1.29 is 19.1 Å². The molecule has 0 fully saturated rings. The maximum absolute atomic E-state index is 12.4. The lowest BCUT2D eigenvalue weighted by Crippen LogP contribution is -2.23. The number of rotatable bonds is 7. The third-order valence-electron chi connectivity index (χ3n) is 4.30. The van der Waals surface area contributed by atoms with Gasteiger partial charge in [0, 0.05) is 18.4 Å². The highest BCUT2D eigenvalue weighted by molar-refractivity contribution is 5.94. The number of benzene rings is 1. The summed E-state index contributed by atoms with van der Waals surface area (Å²) in [6.45, 7) is 2.48. The number of anilines is 1. The van der Waals surface area contributed by atoms with Gasteiger partial charge in [0.15, 0.2) is 0 Å². The number of fused-ring (bicyclic) bond motifs is 1. The van der Waals surface area contributed by atoms with Crippen molar-refractivity contribution in [2.75, 3.05) is 12.3 Å². The Morgan fingerprint density at radius 1 is 1.33 bits per heavy atom. The predicted octanol–water partition coefficient (Wildman–Crippen LogP) is 2.24. The highest BCUT2D eigenvalue weighted by Gasteiger charge is 2.24. The van der Waals surface area contributed by atoms with E-state index in [-0.39, 0.29) is 18.0 Å². The van der Waals surface area contributed by atoms with Crippen molar-refractivity contribution in [2.24, 2.45) is 0 Å². The molecule has 1 amide bonds. The van der Waals surface area contributed by atoms with Gasteiger partial charge in [-0.15, -0.1) is 0 Å². The van der Waals surface area contributed by atoms with Crippen LogP contribution in [0.25, 0.3) is 0 Å². The second kappa shape index (κ2) is 8.53. The second-order valence-electron chi connectivity index (χ2n) is 6.35. The summed E-state index contributed by atoms with van der Waals surface area (Å²) in [6, 6.07) is 10.7. The Morgan fingerprint density at radius 2 is 2.19 bits per heavy atom. The number of aromatic nitrogens is 1. The van der Waals surface area contributed by atoms with Gasteiger partial charge in [0.1, 0.15) is 17.7 Å². The molecule has 1 unspecified atom stereocenters. The molecular weight excluding hydrogens is 346 g/mol. The third kappa shape index (κ3) is 4.97. The smallest absolute Gasteiger partial charge is 0.305 e. The maximum atomic E-state index is 12.4. The summed E-state index contributed by atoms with van der Waals surface area (Å²) < 4.78 is 10.8. The fourth-order valence-electron chi connectivity index (χ4n) is 3.00. The lowest BCUT2D eigenvalue weighted by atomic mass is 10.0. The fourth-order valence-corrected chi connectivity index (χ4v) is 3.00. The summed E-state index contributed by atoms with van der Waals surface area (Å²) >= 11 is 0. The van der Waals surface area contributed by atoms with Crippen LogP contribution < -0.4 is 15.8 Å². The Bertz CT molecular complexity index is 838. The number of nitrogens with two attached hydrogens (primary N) is 1. The van der Waals surface area contributed by atoms with Gasteiger partial charge in [-0.2, -0.15) is 0 Å². The Labute approximate surface area is 157 Å². The summed E-state index contributed by atoms with van der Waals surface area (Å²) in [5.74, 6) is 0.785. The topological polar surface area (TPSA) is 104 Å². The number of carbonyl (C=O) groups is 2. The number of pyridine rings is 1. The van der Waals surface area contributed by atoms with Crippen molar-refractivity contribution >= 4 is 17.7 Å². The minimum atomic E-state index is -0.215. The Morgan fingerprint density at radius 3 is 2.96 bits per heavy atom. The summed E-state index contributed by atoms with van der Waals surface area (Å²) in [7, 11) is 0. The minimum absolute atomic E-state index is 0.0702. The second-order valence-corrected chi connectivity index (χ2v) is 6.35. The molecule has 0 spiro atoms. The van der Waals surface area contributed by atoms with Gasteiger partial charge in [0.25, 0.3) is 5.91 Å². The molecule has 0 bridgehead atoms. The summed E-state index contributed by atoms with van der Waals surface area (Å²) in [6.07, 6.45) is 1.52. The third-order valence-corrected chi connectivity index (χ3v) is 4.30. The largest absolute Gasteiger partial charge is 0.490 e. The SMILES string of the molecule is CCOC(=O)CCC1Cc2cc(C(=O)NCc3cccc(N)n3)ccc2O1. The molecule has 27 heavy (non-hydrogen) atoms. The molecule has 1 aliphatic heterocycles. The lowest BCUT2D eigenvalue weighted by molar-refractivity contribution is -0.143. The van der Waals surface area contributed by atoms with Crippen LogP contribution in [0.3, 0.4) is 0 Å². The van der Waals surface area contributed by atoms with E-state index in [0.29, 0.717) is 49.5 Å². The van der Waals surface area contributed by atoms with Gasteiger partial charge in [0.2, 0.25) is 0 Å². The molecule has 0 saturated heterocycles. The standard InChI is InChI=1S/C20H23N3O4/c1-2-26-19(24)9-7-16-11-14-10-13(6-8-17(14)27-16)20(25)22-12-15-4-3-5-18(21)23-15/h3-6,8,10,16H,2,7,9,11-12H2,1H3,(H2,21,23)(H,22,25).